The summed E-state index contributed by atoms with van der Waals surface area (Å²) in [5.41, 5.74) is 0.649. The molecule has 0 radical (unpaired) electrons. The molecule has 1 saturated heterocycles. The lowest BCUT2D eigenvalue weighted by molar-refractivity contribution is -0.136. The molecule has 2 heterocycles. The van der Waals surface area contributed by atoms with Crippen molar-refractivity contribution in [1.82, 2.24) is 9.80 Å². The number of hydrogen-bond donors (Lipinski definition) is 0. The van der Waals surface area contributed by atoms with Crippen LogP contribution in [0.25, 0.3) is 11.0 Å². The highest BCUT2D eigenvalue weighted by Crippen LogP contribution is 2.20. The molecule has 1 amide bonds. The van der Waals surface area contributed by atoms with Gasteiger partial charge in [0.15, 0.2) is 5.43 Å². The summed E-state index contributed by atoms with van der Waals surface area (Å²) in [5, 5.41) is 0.624. The van der Waals surface area contributed by atoms with E-state index in [1.54, 1.807) is 12.1 Å². The number of amides is 1. The zero-order valence-electron chi connectivity index (χ0n) is 15.6. The highest BCUT2D eigenvalue weighted by Gasteiger charge is 2.26. The van der Waals surface area contributed by atoms with Gasteiger partial charge in [-0.2, -0.15) is 0 Å². The van der Waals surface area contributed by atoms with Crippen LogP contribution in [-0.4, -0.2) is 41.9 Å². The van der Waals surface area contributed by atoms with Crippen molar-refractivity contribution in [1.29, 1.82) is 0 Å². The molecular weight excluding hydrogens is 352 g/mol. The number of fused-ring (bicyclic) bond motifs is 1. The van der Waals surface area contributed by atoms with Crippen molar-refractivity contribution in [2.75, 3.05) is 20.1 Å². The molecular formula is C20H27ClN2O3. The summed E-state index contributed by atoms with van der Waals surface area (Å²) in [6.07, 6.45) is 1.90. The largest absolute Gasteiger partial charge is 0.459 e. The second-order valence-corrected chi connectivity index (χ2v) is 7.18. The standard InChI is InChI=1S/C20H26N2O3.ClH/c1-14(2)20(24)21(3)15-8-10-22(11-9-15)13-16-12-18(23)17-6-4-5-7-19(17)25-16;/h4-7,12,14-15H,8-11,13H2,1-3H3;1H. The number of rotatable bonds is 4. The minimum atomic E-state index is 0. The molecule has 3 rings (SSSR count). The molecule has 2 aromatic rings. The Labute approximate surface area is 160 Å². The molecule has 0 saturated carbocycles. The quantitative estimate of drug-likeness (QED) is 0.819. The second kappa shape index (κ2) is 8.69. The minimum Gasteiger partial charge on any atom is -0.459 e. The third-order valence-corrected chi connectivity index (χ3v) is 5.01. The Hall–Kier alpha value is -1.85. The van der Waals surface area contributed by atoms with Crippen molar-refractivity contribution in [3.05, 3.63) is 46.3 Å². The van der Waals surface area contributed by atoms with E-state index in [1.807, 2.05) is 44.0 Å². The first kappa shape index (κ1) is 20.5. The van der Waals surface area contributed by atoms with Crippen molar-refractivity contribution in [2.45, 2.75) is 39.3 Å². The molecule has 0 aliphatic carbocycles. The third kappa shape index (κ3) is 4.46. The van der Waals surface area contributed by atoms with Gasteiger partial charge in [0.2, 0.25) is 5.91 Å². The van der Waals surface area contributed by atoms with Gasteiger partial charge in [0.25, 0.3) is 0 Å². The maximum atomic E-state index is 12.2. The van der Waals surface area contributed by atoms with Crippen LogP contribution in [0, 0.1) is 5.92 Å². The van der Waals surface area contributed by atoms with E-state index < -0.39 is 0 Å². The summed E-state index contributed by atoms with van der Waals surface area (Å²) >= 11 is 0. The van der Waals surface area contributed by atoms with E-state index in [4.69, 9.17) is 4.42 Å². The summed E-state index contributed by atoms with van der Waals surface area (Å²) in [6.45, 7) is 6.31. The number of piperidine rings is 1. The molecule has 1 aliphatic rings. The first-order chi connectivity index (χ1) is 12.0. The molecule has 26 heavy (non-hydrogen) atoms. The Balaban J connectivity index is 0.00000243. The Morgan fingerprint density at radius 2 is 1.92 bits per heavy atom. The van der Waals surface area contributed by atoms with Crippen molar-refractivity contribution >= 4 is 29.3 Å². The van der Waals surface area contributed by atoms with Crippen LogP contribution < -0.4 is 5.43 Å². The number of halogens is 1. The highest BCUT2D eigenvalue weighted by atomic mass is 35.5. The molecule has 0 N–H and O–H groups in total. The molecule has 6 heteroatoms. The Bertz CT molecular complexity index is 810. The van der Waals surface area contributed by atoms with Crippen LogP contribution in [0.5, 0.6) is 0 Å². The van der Waals surface area contributed by atoms with Crippen molar-refractivity contribution in [3.8, 4) is 0 Å². The maximum Gasteiger partial charge on any atom is 0.225 e. The van der Waals surface area contributed by atoms with Gasteiger partial charge in [0, 0.05) is 38.2 Å². The topological polar surface area (TPSA) is 53.8 Å². The summed E-state index contributed by atoms with van der Waals surface area (Å²) < 4.78 is 5.88. The minimum absolute atomic E-state index is 0. The lowest BCUT2D eigenvalue weighted by Crippen LogP contribution is -2.46. The molecule has 1 fully saturated rings. The number of carbonyl (C=O) groups is 1. The summed E-state index contributed by atoms with van der Waals surface area (Å²) in [5.74, 6) is 0.947. The van der Waals surface area contributed by atoms with E-state index in [0.717, 1.165) is 25.9 Å². The zero-order valence-corrected chi connectivity index (χ0v) is 16.4. The molecule has 5 nitrogen and oxygen atoms in total. The van der Waals surface area contributed by atoms with Gasteiger partial charge in [-0.1, -0.05) is 26.0 Å². The monoisotopic (exact) mass is 378 g/mol. The van der Waals surface area contributed by atoms with E-state index >= 15 is 0 Å². The van der Waals surface area contributed by atoms with Gasteiger partial charge in [-0.15, -0.1) is 12.4 Å². The average Bonchev–Trinajstić information content (AvgIpc) is 2.61. The smallest absolute Gasteiger partial charge is 0.225 e. The fraction of sp³-hybridized carbons (Fsp3) is 0.500. The van der Waals surface area contributed by atoms with Crippen LogP contribution >= 0.6 is 12.4 Å². The van der Waals surface area contributed by atoms with Gasteiger partial charge in [-0.25, -0.2) is 0 Å². The molecule has 0 unspecified atom stereocenters. The Kier molecular flexibility index (Phi) is 6.84. The molecule has 1 aromatic carbocycles. The van der Waals surface area contributed by atoms with Crippen LogP contribution in [0.4, 0.5) is 0 Å². The van der Waals surface area contributed by atoms with Crippen LogP contribution in [0.15, 0.2) is 39.5 Å². The van der Waals surface area contributed by atoms with Crippen LogP contribution in [0.3, 0.4) is 0 Å². The number of carbonyl (C=O) groups excluding carboxylic acids is 1. The van der Waals surface area contributed by atoms with Gasteiger partial charge < -0.3 is 9.32 Å². The molecule has 0 bridgehead atoms. The zero-order chi connectivity index (χ0) is 18.0. The summed E-state index contributed by atoms with van der Waals surface area (Å²) in [4.78, 5) is 28.5. The van der Waals surface area contributed by atoms with Gasteiger partial charge in [-0.3, -0.25) is 14.5 Å². The fourth-order valence-electron chi connectivity index (χ4n) is 3.50. The number of benzene rings is 1. The normalized spacial score (nSPS) is 15.8. The number of hydrogen-bond acceptors (Lipinski definition) is 4. The van der Waals surface area contributed by atoms with Gasteiger partial charge in [0.05, 0.1) is 11.9 Å². The molecule has 1 aromatic heterocycles. The second-order valence-electron chi connectivity index (χ2n) is 7.18. The van der Waals surface area contributed by atoms with E-state index in [9.17, 15) is 9.59 Å². The third-order valence-electron chi connectivity index (χ3n) is 5.01. The van der Waals surface area contributed by atoms with Gasteiger partial charge >= 0.3 is 0 Å². The number of likely N-dealkylation sites (tertiary alicyclic amines) is 1. The van der Waals surface area contributed by atoms with E-state index in [2.05, 4.69) is 4.90 Å². The highest BCUT2D eigenvalue weighted by molar-refractivity contribution is 5.85. The van der Waals surface area contributed by atoms with E-state index in [1.165, 1.54) is 0 Å². The average molecular weight is 379 g/mol. The maximum absolute atomic E-state index is 12.2. The molecule has 1 aliphatic heterocycles. The number of para-hydroxylation sites is 1. The summed E-state index contributed by atoms with van der Waals surface area (Å²) in [6, 6.07) is 9.25. The number of nitrogens with zero attached hydrogens (tertiary/aromatic N) is 2. The van der Waals surface area contributed by atoms with Crippen molar-refractivity contribution in [2.24, 2.45) is 5.92 Å². The first-order valence-electron chi connectivity index (χ1n) is 8.96. The van der Waals surface area contributed by atoms with Crippen molar-refractivity contribution < 1.29 is 9.21 Å². The van der Waals surface area contributed by atoms with Gasteiger partial charge in [0.1, 0.15) is 11.3 Å². The van der Waals surface area contributed by atoms with E-state index in [-0.39, 0.29) is 29.7 Å². The predicted molar refractivity (Wildman–Crippen MR) is 106 cm³/mol. The van der Waals surface area contributed by atoms with E-state index in [0.29, 0.717) is 29.3 Å². The lowest BCUT2D eigenvalue weighted by Gasteiger charge is -2.37. The van der Waals surface area contributed by atoms with Crippen LogP contribution in [0.1, 0.15) is 32.4 Å². The SMILES string of the molecule is CC(C)C(=O)N(C)C1CCN(Cc2cc(=O)c3ccccc3o2)CC1.Cl. The van der Waals surface area contributed by atoms with Crippen LogP contribution in [0.2, 0.25) is 0 Å². The predicted octanol–water partition coefficient (Wildman–Crippen LogP) is 3.29. The van der Waals surface area contributed by atoms with Crippen molar-refractivity contribution in [3.63, 3.8) is 0 Å². The van der Waals surface area contributed by atoms with Gasteiger partial charge in [-0.05, 0) is 25.0 Å². The van der Waals surface area contributed by atoms with Crippen LogP contribution in [-0.2, 0) is 11.3 Å². The first-order valence-corrected chi connectivity index (χ1v) is 8.96. The molecule has 142 valence electrons. The Morgan fingerprint density at radius 3 is 2.58 bits per heavy atom. The molecule has 0 atom stereocenters. The Morgan fingerprint density at radius 1 is 1.27 bits per heavy atom. The molecule has 0 spiro atoms. The fourth-order valence-corrected chi connectivity index (χ4v) is 3.50. The lowest BCUT2D eigenvalue weighted by atomic mass is 10.0. The summed E-state index contributed by atoms with van der Waals surface area (Å²) in [7, 11) is 1.91.